The predicted octanol–water partition coefficient (Wildman–Crippen LogP) is 4.49. The van der Waals surface area contributed by atoms with Crippen molar-refractivity contribution in [2.24, 2.45) is 5.41 Å². The average molecular weight is 522 g/mol. The summed E-state index contributed by atoms with van der Waals surface area (Å²) < 4.78 is 21.3. The number of piperazine rings is 1. The van der Waals surface area contributed by atoms with E-state index in [1.807, 2.05) is 46.2 Å². The van der Waals surface area contributed by atoms with E-state index in [0.29, 0.717) is 44.5 Å². The molecule has 2 aromatic rings. The molecule has 2 saturated heterocycles. The van der Waals surface area contributed by atoms with Crippen LogP contribution in [0.5, 0.6) is 5.75 Å². The summed E-state index contributed by atoms with van der Waals surface area (Å²) in [5, 5.41) is 0. The summed E-state index contributed by atoms with van der Waals surface area (Å²) in [7, 11) is 2.08. The minimum atomic E-state index is -0.823. The van der Waals surface area contributed by atoms with Crippen molar-refractivity contribution in [2.75, 3.05) is 52.9 Å². The third-order valence-corrected chi connectivity index (χ3v) is 8.87. The quantitative estimate of drug-likeness (QED) is 0.539. The number of likely N-dealkylation sites (N-methyl/N-ethyl adjacent to an activating group) is 1. The molecule has 2 amide bonds. The maximum Gasteiger partial charge on any atom is 0.233 e. The van der Waals surface area contributed by atoms with Gasteiger partial charge in [0.2, 0.25) is 11.8 Å². The third-order valence-electron chi connectivity index (χ3n) is 8.87. The molecule has 204 valence electrons. The maximum atomic E-state index is 15.0. The summed E-state index contributed by atoms with van der Waals surface area (Å²) in [6, 6.07) is 16.4. The first kappa shape index (κ1) is 26.7. The molecule has 0 N–H and O–H groups in total. The number of hydrogen-bond acceptors (Lipinski definition) is 4. The van der Waals surface area contributed by atoms with E-state index in [0.717, 1.165) is 57.6 Å². The lowest BCUT2D eigenvalue weighted by atomic mass is 9.73. The molecule has 2 aliphatic heterocycles. The lowest BCUT2D eigenvalue weighted by Gasteiger charge is -2.46. The summed E-state index contributed by atoms with van der Waals surface area (Å²) in [4.78, 5) is 34.0. The van der Waals surface area contributed by atoms with Crippen molar-refractivity contribution >= 4 is 11.8 Å². The molecular weight excluding hydrogens is 481 g/mol. The van der Waals surface area contributed by atoms with Gasteiger partial charge in [-0.1, -0.05) is 49.2 Å². The minimum absolute atomic E-state index is 0.0101. The molecule has 1 atom stereocenters. The molecule has 0 bridgehead atoms. The molecule has 5 rings (SSSR count). The number of para-hydroxylation sites is 1. The zero-order valence-corrected chi connectivity index (χ0v) is 22.5. The smallest absolute Gasteiger partial charge is 0.233 e. The fourth-order valence-corrected chi connectivity index (χ4v) is 6.66. The van der Waals surface area contributed by atoms with Gasteiger partial charge in [0.1, 0.15) is 11.6 Å². The highest BCUT2D eigenvalue weighted by atomic mass is 19.1. The van der Waals surface area contributed by atoms with Crippen LogP contribution in [0.25, 0.3) is 0 Å². The largest absolute Gasteiger partial charge is 0.493 e. The van der Waals surface area contributed by atoms with Crippen molar-refractivity contribution in [1.82, 2.24) is 14.7 Å². The second-order valence-corrected chi connectivity index (χ2v) is 11.6. The Morgan fingerprint density at radius 2 is 1.53 bits per heavy atom. The van der Waals surface area contributed by atoms with Gasteiger partial charge in [-0.3, -0.25) is 9.59 Å². The predicted molar refractivity (Wildman–Crippen MR) is 145 cm³/mol. The van der Waals surface area contributed by atoms with E-state index in [1.54, 1.807) is 12.1 Å². The van der Waals surface area contributed by atoms with Gasteiger partial charge in [-0.05, 0) is 50.9 Å². The number of benzene rings is 2. The van der Waals surface area contributed by atoms with Crippen LogP contribution in [0.1, 0.15) is 50.5 Å². The van der Waals surface area contributed by atoms with E-state index >= 15 is 4.39 Å². The van der Waals surface area contributed by atoms with Crippen LogP contribution < -0.4 is 4.74 Å². The molecular formula is C31H40FN3O3. The molecule has 3 aliphatic rings. The molecule has 1 unspecified atom stereocenters. The van der Waals surface area contributed by atoms with E-state index in [-0.39, 0.29) is 17.6 Å². The van der Waals surface area contributed by atoms with Gasteiger partial charge in [0, 0.05) is 56.7 Å². The first-order chi connectivity index (χ1) is 18.4. The number of carbonyl (C=O) groups excluding carboxylic acids is 2. The van der Waals surface area contributed by atoms with Crippen molar-refractivity contribution < 1.29 is 18.7 Å². The van der Waals surface area contributed by atoms with Crippen LogP contribution in [0.4, 0.5) is 4.39 Å². The number of amides is 2. The summed E-state index contributed by atoms with van der Waals surface area (Å²) in [6.07, 6.45) is 5.12. The standard InChI is InChI=1S/C31H40FN3O3/c1-33-18-20-34(21-19-33)28(36)22-30(24-38-25-10-3-2-4-11-25)14-9-17-35(23-30)29(37)31(15-7-8-16-31)26-12-5-6-13-27(26)32/h2-6,10-13H,7-9,14-24H2,1H3. The van der Waals surface area contributed by atoms with Gasteiger partial charge in [-0.25, -0.2) is 4.39 Å². The molecule has 2 aromatic carbocycles. The van der Waals surface area contributed by atoms with Crippen molar-refractivity contribution in [3.05, 3.63) is 66.0 Å². The van der Waals surface area contributed by atoms with Crippen LogP contribution >= 0.6 is 0 Å². The first-order valence-electron chi connectivity index (χ1n) is 14.1. The Bertz CT molecular complexity index is 1110. The number of ether oxygens (including phenoxy) is 1. The van der Waals surface area contributed by atoms with Gasteiger partial charge in [0.25, 0.3) is 0 Å². The molecule has 1 aliphatic carbocycles. The number of likely N-dealkylation sites (tertiary alicyclic amines) is 1. The Morgan fingerprint density at radius 3 is 2.24 bits per heavy atom. The van der Waals surface area contributed by atoms with Crippen LogP contribution in [0.2, 0.25) is 0 Å². The molecule has 0 radical (unpaired) electrons. The normalized spacial score (nSPS) is 23.8. The van der Waals surface area contributed by atoms with E-state index in [4.69, 9.17) is 4.74 Å². The fourth-order valence-electron chi connectivity index (χ4n) is 6.66. The van der Waals surface area contributed by atoms with Crippen molar-refractivity contribution in [3.63, 3.8) is 0 Å². The fraction of sp³-hybridized carbons (Fsp3) is 0.548. The average Bonchev–Trinajstić information content (AvgIpc) is 3.44. The molecule has 38 heavy (non-hydrogen) atoms. The molecule has 2 heterocycles. The van der Waals surface area contributed by atoms with Crippen LogP contribution in [0.3, 0.4) is 0 Å². The van der Waals surface area contributed by atoms with Gasteiger partial charge in [0.15, 0.2) is 0 Å². The van der Waals surface area contributed by atoms with Gasteiger partial charge in [0.05, 0.1) is 12.0 Å². The lowest BCUT2D eigenvalue weighted by molar-refractivity contribution is -0.146. The number of halogens is 1. The monoisotopic (exact) mass is 521 g/mol. The van der Waals surface area contributed by atoms with Gasteiger partial charge in [-0.2, -0.15) is 0 Å². The van der Waals surface area contributed by atoms with E-state index in [9.17, 15) is 9.59 Å². The molecule has 6 nitrogen and oxygen atoms in total. The van der Waals surface area contributed by atoms with Crippen molar-refractivity contribution in [1.29, 1.82) is 0 Å². The zero-order chi connectivity index (χ0) is 26.6. The highest BCUT2D eigenvalue weighted by molar-refractivity contribution is 5.89. The number of carbonyl (C=O) groups is 2. The Hall–Kier alpha value is -2.93. The van der Waals surface area contributed by atoms with Gasteiger partial charge >= 0.3 is 0 Å². The van der Waals surface area contributed by atoms with Crippen LogP contribution in [0, 0.1) is 11.2 Å². The van der Waals surface area contributed by atoms with Gasteiger partial charge in [-0.15, -0.1) is 0 Å². The third kappa shape index (κ3) is 5.58. The first-order valence-corrected chi connectivity index (χ1v) is 14.1. The van der Waals surface area contributed by atoms with Crippen LogP contribution in [-0.2, 0) is 15.0 Å². The van der Waals surface area contributed by atoms with Crippen molar-refractivity contribution in [2.45, 2.75) is 50.4 Å². The second-order valence-electron chi connectivity index (χ2n) is 11.6. The van der Waals surface area contributed by atoms with Crippen LogP contribution in [-0.4, -0.2) is 79.4 Å². The molecule has 0 spiro atoms. The lowest BCUT2D eigenvalue weighted by Crippen LogP contribution is -2.56. The van der Waals surface area contributed by atoms with E-state index in [1.165, 1.54) is 6.07 Å². The molecule has 7 heteroatoms. The minimum Gasteiger partial charge on any atom is -0.493 e. The topological polar surface area (TPSA) is 53.1 Å². The summed E-state index contributed by atoms with van der Waals surface area (Å²) >= 11 is 0. The van der Waals surface area contributed by atoms with E-state index < -0.39 is 10.8 Å². The summed E-state index contributed by atoms with van der Waals surface area (Å²) in [5.74, 6) is 0.606. The van der Waals surface area contributed by atoms with Crippen LogP contribution in [0.15, 0.2) is 54.6 Å². The maximum absolute atomic E-state index is 15.0. The Labute approximate surface area is 225 Å². The number of hydrogen-bond donors (Lipinski definition) is 0. The van der Waals surface area contributed by atoms with Gasteiger partial charge < -0.3 is 19.4 Å². The Balaban J connectivity index is 1.39. The number of nitrogens with zero attached hydrogens (tertiary/aromatic N) is 3. The highest BCUT2D eigenvalue weighted by Gasteiger charge is 2.49. The second kappa shape index (κ2) is 11.4. The molecule has 3 fully saturated rings. The number of rotatable bonds is 7. The van der Waals surface area contributed by atoms with E-state index in [2.05, 4.69) is 11.9 Å². The number of piperidine rings is 1. The summed E-state index contributed by atoms with van der Waals surface area (Å²) in [6.45, 7) is 4.64. The van der Waals surface area contributed by atoms with Crippen molar-refractivity contribution in [3.8, 4) is 5.75 Å². The Morgan fingerprint density at radius 1 is 0.842 bits per heavy atom. The SMILES string of the molecule is CN1CCN(C(=O)CC2(COc3ccccc3)CCCN(C(=O)C3(c4ccccc4F)CCCC3)C2)CC1. The summed E-state index contributed by atoms with van der Waals surface area (Å²) in [5.41, 5.74) is -0.789. The highest BCUT2D eigenvalue weighted by Crippen LogP contribution is 2.45. The zero-order valence-electron chi connectivity index (χ0n) is 22.5. The Kier molecular flexibility index (Phi) is 8.03. The molecule has 0 aromatic heterocycles. The molecule has 1 saturated carbocycles.